The van der Waals surface area contributed by atoms with Gasteiger partial charge in [-0.25, -0.2) is 8.42 Å². The second-order valence-electron chi connectivity index (χ2n) is 6.78. The number of nitrogens with one attached hydrogen (secondary N) is 1. The topological polar surface area (TPSA) is 133 Å². The van der Waals surface area contributed by atoms with Crippen molar-refractivity contribution in [1.29, 1.82) is 0 Å². The van der Waals surface area contributed by atoms with Crippen LogP contribution in [0.2, 0.25) is 0 Å². The molecule has 1 unspecified atom stereocenters. The lowest BCUT2D eigenvalue weighted by molar-refractivity contribution is -0.142. The maximum atomic E-state index is 12.5. The number of rotatable bonds is 9. The highest BCUT2D eigenvalue weighted by Gasteiger charge is 2.46. The van der Waals surface area contributed by atoms with E-state index >= 15 is 0 Å². The highest BCUT2D eigenvalue weighted by atomic mass is 32.2. The van der Waals surface area contributed by atoms with Gasteiger partial charge in [0, 0.05) is 18.4 Å². The molecule has 1 aliphatic carbocycles. The zero-order chi connectivity index (χ0) is 21.7. The Labute approximate surface area is 166 Å². The molecule has 0 spiro atoms. The molecule has 2 amide bonds. The summed E-state index contributed by atoms with van der Waals surface area (Å²) in [6, 6.07) is 5.44. The minimum absolute atomic E-state index is 0.0317. The number of para-hydroxylation sites is 1. The molecule has 0 radical (unpaired) electrons. The molecule has 1 saturated carbocycles. The smallest absolute Gasteiger partial charge is 0.387 e. The average molecular weight is 432 g/mol. The second-order valence-corrected chi connectivity index (χ2v) is 8.96. The largest absolute Gasteiger partial charge is 0.435 e. The van der Waals surface area contributed by atoms with Gasteiger partial charge in [-0.3, -0.25) is 14.4 Å². The maximum absolute atomic E-state index is 12.5. The van der Waals surface area contributed by atoms with Gasteiger partial charge in [0.15, 0.2) is 21.2 Å². The monoisotopic (exact) mass is 432 g/mol. The van der Waals surface area contributed by atoms with Gasteiger partial charge in [-0.2, -0.15) is 8.78 Å². The Morgan fingerprint density at radius 3 is 2.55 bits per heavy atom. The molecule has 1 aromatic carbocycles. The van der Waals surface area contributed by atoms with E-state index in [1.54, 1.807) is 0 Å². The van der Waals surface area contributed by atoms with Crippen molar-refractivity contribution in [3.63, 3.8) is 0 Å². The molecule has 8 nitrogen and oxygen atoms in total. The Bertz CT molecular complexity index is 890. The summed E-state index contributed by atoms with van der Waals surface area (Å²) in [7, 11) is -3.87. The van der Waals surface area contributed by atoms with Crippen LogP contribution in [0.1, 0.15) is 37.7 Å². The zero-order valence-electron chi connectivity index (χ0n) is 15.5. The molecule has 0 heterocycles. The summed E-state index contributed by atoms with van der Waals surface area (Å²) in [6.45, 7) is -3.11. The van der Waals surface area contributed by atoms with Crippen LogP contribution in [-0.2, 0) is 30.0 Å². The van der Waals surface area contributed by atoms with Crippen molar-refractivity contribution in [2.24, 2.45) is 5.73 Å². The van der Waals surface area contributed by atoms with E-state index in [-0.39, 0.29) is 24.2 Å². The first-order valence-electron chi connectivity index (χ1n) is 8.93. The standard InChI is InChI=1S/C18H22F2N2O6S/c19-17(20)28-13-6-2-1-5-12(13)11-29(26,27)10-8-15(24)22-18(16(21)25)9-4-3-7-14(18)23/h1-2,5-6,17H,3-4,7-11H2,(H2,21,25)(H,22,24). The van der Waals surface area contributed by atoms with Crippen molar-refractivity contribution in [1.82, 2.24) is 5.32 Å². The van der Waals surface area contributed by atoms with E-state index in [2.05, 4.69) is 10.1 Å². The summed E-state index contributed by atoms with van der Waals surface area (Å²) in [4.78, 5) is 36.2. The number of hydrogen-bond donors (Lipinski definition) is 2. The van der Waals surface area contributed by atoms with Crippen LogP contribution in [0.5, 0.6) is 5.75 Å². The van der Waals surface area contributed by atoms with E-state index in [9.17, 15) is 31.6 Å². The number of nitrogens with two attached hydrogens (primary N) is 1. The number of alkyl halides is 2. The number of Topliss-reactive ketones (excluding diaryl/α,β-unsaturated/α-hetero) is 1. The number of benzene rings is 1. The summed E-state index contributed by atoms with van der Waals surface area (Å²) < 4.78 is 53.9. The van der Waals surface area contributed by atoms with Crippen LogP contribution in [0.25, 0.3) is 0 Å². The van der Waals surface area contributed by atoms with E-state index in [0.717, 1.165) is 0 Å². The van der Waals surface area contributed by atoms with Crippen molar-refractivity contribution >= 4 is 27.4 Å². The van der Waals surface area contributed by atoms with E-state index in [1.165, 1.54) is 24.3 Å². The molecule has 11 heteroatoms. The van der Waals surface area contributed by atoms with Gasteiger partial charge in [-0.1, -0.05) is 18.2 Å². The van der Waals surface area contributed by atoms with Crippen LogP contribution >= 0.6 is 0 Å². The first kappa shape index (κ1) is 22.7. The van der Waals surface area contributed by atoms with Crippen molar-refractivity contribution < 1.29 is 36.3 Å². The third-order valence-corrected chi connectivity index (χ3v) is 6.24. The molecule has 0 aromatic heterocycles. The minimum atomic E-state index is -3.87. The predicted octanol–water partition coefficient (Wildman–Crippen LogP) is 1.08. The maximum Gasteiger partial charge on any atom is 0.387 e. The number of halogens is 2. The summed E-state index contributed by atoms with van der Waals surface area (Å²) in [5.74, 6) is -3.76. The summed E-state index contributed by atoms with van der Waals surface area (Å²) in [5.41, 5.74) is 3.54. The lowest BCUT2D eigenvalue weighted by atomic mass is 9.79. The number of amides is 2. The van der Waals surface area contributed by atoms with Gasteiger partial charge in [0.2, 0.25) is 5.91 Å². The van der Waals surface area contributed by atoms with E-state index < -0.39 is 57.5 Å². The van der Waals surface area contributed by atoms with Gasteiger partial charge < -0.3 is 15.8 Å². The normalized spacial score (nSPS) is 19.8. The quantitative estimate of drug-likeness (QED) is 0.561. The van der Waals surface area contributed by atoms with Crippen LogP contribution in [0.3, 0.4) is 0 Å². The Kier molecular flexibility index (Phi) is 7.28. The Morgan fingerprint density at radius 2 is 1.93 bits per heavy atom. The Hall–Kier alpha value is -2.56. The fourth-order valence-electron chi connectivity index (χ4n) is 3.17. The number of carbonyl (C=O) groups is 3. The van der Waals surface area contributed by atoms with Gasteiger partial charge in [0.25, 0.3) is 5.91 Å². The fourth-order valence-corrected chi connectivity index (χ4v) is 4.53. The molecule has 29 heavy (non-hydrogen) atoms. The number of hydrogen-bond acceptors (Lipinski definition) is 6. The minimum Gasteiger partial charge on any atom is -0.435 e. The first-order chi connectivity index (χ1) is 13.6. The van der Waals surface area contributed by atoms with Crippen molar-refractivity contribution in [2.75, 3.05) is 5.75 Å². The SMILES string of the molecule is NC(=O)C1(NC(=O)CCS(=O)(=O)Cc2ccccc2OC(F)F)CCCCC1=O. The number of ketones is 1. The molecule has 160 valence electrons. The number of carbonyl (C=O) groups excluding carboxylic acids is 3. The number of sulfone groups is 1. The average Bonchev–Trinajstić information content (AvgIpc) is 2.63. The summed E-state index contributed by atoms with van der Waals surface area (Å²) >= 11 is 0. The molecule has 1 aliphatic rings. The molecule has 1 aromatic rings. The van der Waals surface area contributed by atoms with Gasteiger partial charge in [-0.05, 0) is 25.3 Å². The van der Waals surface area contributed by atoms with Crippen molar-refractivity contribution in [2.45, 2.75) is 50.0 Å². The Balaban J connectivity index is 2.02. The molecule has 0 bridgehead atoms. The fraction of sp³-hybridized carbons (Fsp3) is 0.500. The molecule has 0 saturated heterocycles. The van der Waals surface area contributed by atoms with Gasteiger partial charge in [0.05, 0.1) is 11.5 Å². The van der Waals surface area contributed by atoms with Crippen LogP contribution in [0.4, 0.5) is 8.78 Å². The van der Waals surface area contributed by atoms with Gasteiger partial charge in [-0.15, -0.1) is 0 Å². The molecule has 2 rings (SSSR count). The van der Waals surface area contributed by atoms with Crippen LogP contribution < -0.4 is 15.8 Å². The second kappa shape index (κ2) is 9.29. The molecule has 3 N–H and O–H groups in total. The molecule has 1 fully saturated rings. The van der Waals surface area contributed by atoms with Crippen molar-refractivity contribution in [3.8, 4) is 5.75 Å². The van der Waals surface area contributed by atoms with Crippen LogP contribution in [-0.4, -0.2) is 43.9 Å². The highest BCUT2D eigenvalue weighted by Crippen LogP contribution is 2.26. The third-order valence-electron chi connectivity index (χ3n) is 4.66. The van der Waals surface area contributed by atoms with E-state index in [4.69, 9.17) is 5.73 Å². The lowest BCUT2D eigenvalue weighted by Gasteiger charge is -2.33. The van der Waals surface area contributed by atoms with E-state index in [1.807, 2.05) is 0 Å². The molecular weight excluding hydrogens is 410 g/mol. The molecule has 0 aliphatic heterocycles. The Morgan fingerprint density at radius 1 is 1.24 bits per heavy atom. The predicted molar refractivity (Wildman–Crippen MR) is 98.7 cm³/mol. The third kappa shape index (κ3) is 5.96. The van der Waals surface area contributed by atoms with Gasteiger partial charge >= 0.3 is 6.61 Å². The first-order valence-corrected chi connectivity index (χ1v) is 10.8. The highest BCUT2D eigenvalue weighted by molar-refractivity contribution is 7.90. The lowest BCUT2D eigenvalue weighted by Crippen LogP contribution is -2.63. The zero-order valence-corrected chi connectivity index (χ0v) is 16.3. The molecular formula is C18H22F2N2O6S. The molecule has 1 atom stereocenters. The number of ether oxygens (including phenoxy) is 1. The number of primary amides is 1. The van der Waals surface area contributed by atoms with Crippen molar-refractivity contribution in [3.05, 3.63) is 29.8 Å². The van der Waals surface area contributed by atoms with E-state index in [0.29, 0.717) is 12.8 Å². The summed E-state index contributed by atoms with van der Waals surface area (Å²) in [6.07, 6.45) is 0.759. The van der Waals surface area contributed by atoms with Crippen LogP contribution in [0.15, 0.2) is 24.3 Å². The summed E-state index contributed by atoms with van der Waals surface area (Å²) in [5, 5.41) is 2.30. The van der Waals surface area contributed by atoms with Crippen LogP contribution in [0, 0.1) is 0 Å². The van der Waals surface area contributed by atoms with Gasteiger partial charge in [0.1, 0.15) is 5.75 Å².